The summed E-state index contributed by atoms with van der Waals surface area (Å²) in [7, 11) is 0. The molecule has 0 aliphatic heterocycles. The molecule has 0 bridgehead atoms. The summed E-state index contributed by atoms with van der Waals surface area (Å²) in [4.78, 5) is 2.51. The minimum Gasteiger partial charge on any atom is -0.310 e. The second kappa shape index (κ2) is 12.1. The third kappa shape index (κ3) is 4.75. The van der Waals surface area contributed by atoms with Gasteiger partial charge in [-0.15, -0.1) is 22.7 Å². The monoisotopic (exact) mass is 727 g/mol. The van der Waals surface area contributed by atoms with E-state index >= 15 is 0 Å². The van der Waals surface area contributed by atoms with Crippen LogP contribution >= 0.6 is 22.7 Å². The number of anilines is 3. The normalized spacial score (nSPS) is 14.7. The third-order valence-electron chi connectivity index (χ3n) is 11.8. The van der Waals surface area contributed by atoms with Gasteiger partial charge in [-0.3, -0.25) is 0 Å². The first-order valence-electron chi connectivity index (χ1n) is 18.9. The Labute approximate surface area is 323 Å². The minimum absolute atomic E-state index is 0.0262. The van der Waals surface area contributed by atoms with Crippen molar-refractivity contribution in [2.45, 2.75) is 32.1 Å². The maximum Gasteiger partial charge on any atom is 0.0554 e. The summed E-state index contributed by atoms with van der Waals surface area (Å²) in [6.45, 7) is 4.84. The van der Waals surface area contributed by atoms with Crippen LogP contribution in [0.5, 0.6) is 0 Å². The summed E-state index contributed by atoms with van der Waals surface area (Å²) in [5, 5.41) is 5.29. The largest absolute Gasteiger partial charge is 0.310 e. The topological polar surface area (TPSA) is 3.24 Å². The van der Waals surface area contributed by atoms with Crippen LogP contribution in [0, 0.1) is 0 Å². The van der Waals surface area contributed by atoms with Crippen molar-refractivity contribution in [1.82, 2.24) is 0 Å². The summed E-state index contributed by atoms with van der Waals surface area (Å²) < 4.78 is 5.31. The number of rotatable bonds is 5. The van der Waals surface area contributed by atoms with Gasteiger partial charge in [-0.1, -0.05) is 141 Å². The van der Waals surface area contributed by atoms with Crippen LogP contribution in [0.3, 0.4) is 0 Å². The summed E-state index contributed by atoms with van der Waals surface area (Å²) in [6, 6.07) is 56.6. The molecule has 2 heterocycles. The predicted octanol–water partition coefficient (Wildman–Crippen LogP) is 15.6. The highest BCUT2D eigenvalue weighted by Crippen LogP contribution is 2.53. The van der Waals surface area contributed by atoms with Crippen molar-refractivity contribution >= 4 is 85.7 Å². The second-order valence-corrected chi connectivity index (χ2v) is 17.3. The smallest absolute Gasteiger partial charge is 0.0554 e. The zero-order valence-electron chi connectivity index (χ0n) is 30.3. The summed E-state index contributed by atoms with van der Waals surface area (Å²) in [5.41, 5.74) is 14.3. The number of thiophene rings is 2. The molecule has 1 nitrogen and oxygen atoms in total. The van der Waals surface area contributed by atoms with Crippen molar-refractivity contribution in [3.63, 3.8) is 0 Å². The number of benzene rings is 7. The van der Waals surface area contributed by atoms with E-state index < -0.39 is 0 Å². The molecule has 0 saturated heterocycles. The molecule has 0 saturated carbocycles. The average molecular weight is 728 g/mol. The quantitative estimate of drug-likeness (QED) is 0.171. The molecule has 7 aromatic carbocycles. The van der Waals surface area contributed by atoms with Gasteiger partial charge in [-0.2, -0.15) is 0 Å². The molecule has 11 rings (SSSR count). The Hall–Kier alpha value is -5.74. The molecule has 0 amide bonds. The Balaban J connectivity index is 1.14. The molecule has 0 fully saturated rings. The molecular weight excluding hydrogens is 691 g/mol. The zero-order valence-corrected chi connectivity index (χ0v) is 31.9. The average Bonchev–Trinajstić information content (AvgIpc) is 3.86. The third-order valence-corrected chi connectivity index (χ3v) is 14.2. The van der Waals surface area contributed by atoms with Crippen molar-refractivity contribution in [3.8, 4) is 22.3 Å². The van der Waals surface area contributed by atoms with E-state index in [0.29, 0.717) is 0 Å². The van der Waals surface area contributed by atoms with Gasteiger partial charge >= 0.3 is 0 Å². The van der Waals surface area contributed by atoms with Crippen molar-refractivity contribution in [3.05, 3.63) is 181 Å². The van der Waals surface area contributed by atoms with Crippen LogP contribution in [0.1, 0.15) is 37.8 Å². The fraction of sp³-hybridized carbons (Fsp3) is 0.0980. The van der Waals surface area contributed by atoms with Crippen LogP contribution < -0.4 is 4.90 Å². The Kier molecular flexibility index (Phi) is 7.14. The molecular formula is C51H37NS2. The zero-order chi connectivity index (χ0) is 36.0. The molecule has 3 heteroatoms. The molecule has 258 valence electrons. The van der Waals surface area contributed by atoms with Crippen molar-refractivity contribution in [1.29, 1.82) is 0 Å². The first-order chi connectivity index (χ1) is 26.5. The standard InChI is InChI=1S/C51H37NS2/c1-51(2)43-20-9-6-15-37(43)38-28-27-35(31-44(38)51)52(34-25-23-32(24-26-34)36-18-12-19-41-39-16-7-10-21-46(39)53-49(36)41)45-30-29-42-40-17-8-11-22-47(40)54-50(42)48(45)33-13-4-3-5-14-33/h3-8,10-19,21-31H,9,20H2,1-2H3. The van der Waals surface area contributed by atoms with Gasteiger partial charge in [0, 0.05) is 62.7 Å². The predicted molar refractivity (Wildman–Crippen MR) is 236 cm³/mol. The van der Waals surface area contributed by atoms with E-state index in [1.807, 2.05) is 22.7 Å². The van der Waals surface area contributed by atoms with E-state index in [4.69, 9.17) is 0 Å². The second-order valence-electron chi connectivity index (χ2n) is 15.2. The highest BCUT2D eigenvalue weighted by atomic mass is 32.1. The van der Waals surface area contributed by atoms with Gasteiger partial charge < -0.3 is 4.90 Å². The lowest BCUT2D eigenvalue weighted by molar-refractivity contribution is 0.607. The first-order valence-corrected chi connectivity index (χ1v) is 20.5. The number of allylic oxidation sites excluding steroid dienone is 4. The molecule has 9 aromatic rings. The fourth-order valence-electron chi connectivity index (χ4n) is 9.19. The first kappa shape index (κ1) is 31.8. The van der Waals surface area contributed by atoms with E-state index in [-0.39, 0.29) is 5.41 Å². The van der Waals surface area contributed by atoms with Crippen LogP contribution in [0.15, 0.2) is 169 Å². The minimum atomic E-state index is -0.0262. The molecule has 2 aromatic heterocycles. The molecule has 54 heavy (non-hydrogen) atoms. The van der Waals surface area contributed by atoms with Crippen molar-refractivity contribution in [2.75, 3.05) is 4.90 Å². The van der Waals surface area contributed by atoms with Crippen LogP contribution in [-0.4, -0.2) is 0 Å². The van der Waals surface area contributed by atoms with Gasteiger partial charge in [0.2, 0.25) is 0 Å². The van der Waals surface area contributed by atoms with Crippen molar-refractivity contribution in [2.24, 2.45) is 0 Å². The number of hydrogen-bond acceptors (Lipinski definition) is 3. The molecule has 0 atom stereocenters. The van der Waals surface area contributed by atoms with Gasteiger partial charge in [-0.05, 0) is 88.7 Å². The van der Waals surface area contributed by atoms with E-state index in [1.165, 1.54) is 90.7 Å². The Morgan fingerprint density at radius 2 is 1.20 bits per heavy atom. The molecule has 0 radical (unpaired) electrons. The van der Waals surface area contributed by atoms with Gasteiger partial charge in [0.05, 0.1) is 5.69 Å². The lowest BCUT2D eigenvalue weighted by atomic mass is 9.78. The van der Waals surface area contributed by atoms with Gasteiger partial charge in [0.25, 0.3) is 0 Å². The van der Waals surface area contributed by atoms with E-state index in [9.17, 15) is 0 Å². The van der Waals surface area contributed by atoms with E-state index in [2.05, 4.69) is 183 Å². The molecule has 0 N–H and O–H groups in total. The fourth-order valence-corrected chi connectivity index (χ4v) is 11.7. The van der Waals surface area contributed by atoms with Crippen LogP contribution in [0.25, 0.3) is 68.2 Å². The maximum absolute atomic E-state index is 2.51. The lowest BCUT2D eigenvalue weighted by Gasteiger charge is -2.31. The molecule has 2 aliphatic rings. The van der Waals surface area contributed by atoms with E-state index in [0.717, 1.165) is 18.5 Å². The summed E-state index contributed by atoms with van der Waals surface area (Å²) in [5.74, 6) is 0. The molecule has 2 aliphatic carbocycles. The van der Waals surface area contributed by atoms with Crippen LogP contribution in [0.2, 0.25) is 0 Å². The van der Waals surface area contributed by atoms with Gasteiger partial charge in [-0.25, -0.2) is 0 Å². The Morgan fingerprint density at radius 1 is 0.537 bits per heavy atom. The summed E-state index contributed by atoms with van der Waals surface area (Å²) >= 11 is 3.79. The highest BCUT2D eigenvalue weighted by Gasteiger charge is 2.38. The number of nitrogens with zero attached hydrogens (tertiary/aromatic N) is 1. The lowest BCUT2D eigenvalue weighted by Crippen LogP contribution is -2.19. The van der Waals surface area contributed by atoms with Gasteiger partial charge in [0.15, 0.2) is 0 Å². The number of fused-ring (bicyclic) bond motifs is 8. The van der Waals surface area contributed by atoms with Crippen LogP contribution in [-0.2, 0) is 5.41 Å². The Bertz CT molecular complexity index is 3010. The maximum atomic E-state index is 2.51. The van der Waals surface area contributed by atoms with Crippen molar-refractivity contribution < 1.29 is 0 Å². The molecule has 0 spiro atoms. The number of hydrogen-bond donors (Lipinski definition) is 0. The summed E-state index contributed by atoms with van der Waals surface area (Å²) in [6.07, 6.45) is 6.95. The molecule has 0 unspecified atom stereocenters. The highest BCUT2D eigenvalue weighted by molar-refractivity contribution is 7.26. The van der Waals surface area contributed by atoms with Crippen LogP contribution in [0.4, 0.5) is 17.1 Å². The van der Waals surface area contributed by atoms with E-state index in [1.54, 1.807) is 5.57 Å². The van der Waals surface area contributed by atoms with Gasteiger partial charge in [0.1, 0.15) is 0 Å². The SMILES string of the molecule is CC1(C)C2=C(C=CCC2)c2ccc(N(c3ccc(-c4cccc5c4sc4ccccc45)cc3)c3ccc4c(sc5ccccc54)c3-c3ccccc3)cc21. The Morgan fingerprint density at radius 3 is 1.98 bits per heavy atom.